The summed E-state index contributed by atoms with van der Waals surface area (Å²) in [6.45, 7) is 2.70. The van der Waals surface area contributed by atoms with E-state index in [0.717, 1.165) is 38.4 Å². The highest BCUT2D eigenvalue weighted by Crippen LogP contribution is 2.30. The van der Waals surface area contributed by atoms with Gasteiger partial charge in [0.2, 0.25) is 5.88 Å². The molecule has 2 fully saturated rings. The maximum atomic E-state index is 5.87. The molecule has 1 N–H and O–H groups in total. The van der Waals surface area contributed by atoms with Gasteiger partial charge in [0.25, 0.3) is 0 Å². The Bertz CT molecular complexity index is 351. The highest BCUT2D eigenvalue weighted by atomic mass is 16.5. The minimum atomic E-state index is 0.0394. The molecule has 0 aliphatic carbocycles. The van der Waals surface area contributed by atoms with Gasteiger partial charge < -0.3 is 14.8 Å². The van der Waals surface area contributed by atoms with Crippen LogP contribution in [0.3, 0.4) is 0 Å². The Hall–Kier alpha value is -1.13. The second kappa shape index (κ2) is 4.03. The van der Waals surface area contributed by atoms with E-state index in [1.165, 1.54) is 0 Å². The maximum Gasteiger partial charge on any atom is 0.213 e. The molecule has 16 heavy (non-hydrogen) atoms. The number of aromatic nitrogens is 1. The molecule has 86 valence electrons. The van der Waals surface area contributed by atoms with Crippen LogP contribution in [0, 0.1) is 0 Å². The van der Waals surface area contributed by atoms with Crippen molar-refractivity contribution in [1.82, 2.24) is 10.3 Å². The molecule has 0 saturated carbocycles. The van der Waals surface area contributed by atoms with E-state index >= 15 is 0 Å². The third-order valence-electron chi connectivity index (χ3n) is 3.27. The standard InChI is InChI=1S/C12H16N2O2/c1-2-5-14-11(3-1)16-10-4-6-15-12(7-10)8-13-9-12/h1-3,5,10,13H,4,6-9H2. The molecule has 4 heteroatoms. The Labute approximate surface area is 95.0 Å². The predicted octanol–water partition coefficient (Wildman–Crippen LogP) is 0.981. The van der Waals surface area contributed by atoms with Gasteiger partial charge in [0, 0.05) is 38.2 Å². The lowest BCUT2D eigenvalue weighted by molar-refractivity contribution is -0.138. The Morgan fingerprint density at radius 2 is 2.38 bits per heavy atom. The molecule has 4 nitrogen and oxygen atoms in total. The third kappa shape index (κ3) is 1.90. The topological polar surface area (TPSA) is 43.4 Å². The van der Waals surface area contributed by atoms with Gasteiger partial charge in [-0.15, -0.1) is 0 Å². The van der Waals surface area contributed by atoms with Gasteiger partial charge in [-0.05, 0) is 6.07 Å². The van der Waals surface area contributed by atoms with Gasteiger partial charge in [-0.3, -0.25) is 0 Å². The normalized spacial score (nSPS) is 27.4. The van der Waals surface area contributed by atoms with E-state index in [4.69, 9.17) is 9.47 Å². The van der Waals surface area contributed by atoms with Gasteiger partial charge in [-0.1, -0.05) is 6.07 Å². The maximum absolute atomic E-state index is 5.87. The Kier molecular flexibility index (Phi) is 2.53. The molecule has 1 spiro atoms. The summed E-state index contributed by atoms with van der Waals surface area (Å²) >= 11 is 0. The van der Waals surface area contributed by atoms with E-state index in [1.807, 2.05) is 18.2 Å². The number of ether oxygens (including phenoxy) is 2. The van der Waals surface area contributed by atoms with Crippen LogP contribution in [-0.4, -0.2) is 36.4 Å². The van der Waals surface area contributed by atoms with Crippen LogP contribution in [0.25, 0.3) is 0 Å². The summed E-state index contributed by atoms with van der Waals surface area (Å²) in [6.07, 6.45) is 3.93. The van der Waals surface area contributed by atoms with Crippen LogP contribution in [0.4, 0.5) is 0 Å². The molecule has 1 atom stereocenters. The lowest BCUT2D eigenvalue weighted by Crippen LogP contribution is -2.64. The Morgan fingerprint density at radius 3 is 3.06 bits per heavy atom. The predicted molar refractivity (Wildman–Crippen MR) is 59.4 cm³/mol. The first-order valence-corrected chi connectivity index (χ1v) is 5.79. The molecule has 0 bridgehead atoms. The van der Waals surface area contributed by atoms with Crippen LogP contribution in [0.2, 0.25) is 0 Å². The van der Waals surface area contributed by atoms with Gasteiger partial charge in [0.1, 0.15) is 6.10 Å². The van der Waals surface area contributed by atoms with Crippen LogP contribution in [0.1, 0.15) is 12.8 Å². The van der Waals surface area contributed by atoms with Crippen molar-refractivity contribution >= 4 is 0 Å². The van der Waals surface area contributed by atoms with Crippen molar-refractivity contribution < 1.29 is 9.47 Å². The zero-order chi connectivity index (χ0) is 10.8. The average Bonchev–Trinajstić information content (AvgIpc) is 2.29. The Balaban J connectivity index is 1.63. The van der Waals surface area contributed by atoms with Crippen molar-refractivity contribution in [3.8, 4) is 5.88 Å². The molecule has 1 unspecified atom stereocenters. The molecule has 1 aromatic heterocycles. The smallest absolute Gasteiger partial charge is 0.213 e. The molecule has 2 saturated heterocycles. The van der Waals surface area contributed by atoms with Crippen molar-refractivity contribution in [2.24, 2.45) is 0 Å². The number of hydrogen-bond donors (Lipinski definition) is 1. The van der Waals surface area contributed by atoms with Crippen LogP contribution in [0.15, 0.2) is 24.4 Å². The van der Waals surface area contributed by atoms with Crippen LogP contribution in [-0.2, 0) is 4.74 Å². The first kappa shape index (κ1) is 10.1. The number of rotatable bonds is 2. The lowest BCUT2D eigenvalue weighted by atomic mass is 9.87. The molecule has 2 aliphatic heterocycles. The van der Waals surface area contributed by atoms with Gasteiger partial charge in [-0.2, -0.15) is 0 Å². The third-order valence-corrected chi connectivity index (χ3v) is 3.27. The monoisotopic (exact) mass is 220 g/mol. The minimum absolute atomic E-state index is 0.0394. The SMILES string of the molecule is c1ccc(OC2CCOC3(CNC3)C2)nc1. The lowest BCUT2D eigenvalue weighted by Gasteiger charge is -2.47. The van der Waals surface area contributed by atoms with Crippen molar-refractivity contribution in [3.05, 3.63) is 24.4 Å². The summed E-state index contributed by atoms with van der Waals surface area (Å²) < 4.78 is 11.7. The Morgan fingerprint density at radius 1 is 1.44 bits per heavy atom. The second-order valence-corrected chi connectivity index (χ2v) is 4.54. The summed E-state index contributed by atoms with van der Waals surface area (Å²) in [5.41, 5.74) is 0.0394. The summed E-state index contributed by atoms with van der Waals surface area (Å²) in [7, 11) is 0. The highest BCUT2D eigenvalue weighted by Gasteiger charge is 2.43. The van der Waals surface area contributed by atoms with Crippen molar-refractivity contribution in [2.45, 2.75) is 24.5 Å². The summed E-state index contributed by atoms with van der Waals surface area (Å²) in [5, 5.41) is 3.26. The quantitative estimate of drug-likeness (QED) is 0.807. The fourth-order valence-corrected chi connectivity index (χ4v) is 2.32. The zero-order valence-corrected chi connectivity index (χ0v) is 9.19. The minimum Gasteiger partial charge on any atom is -0.474 e. The van der Waals surface area contributed by atoms with Crippen LogP contribution < -0.4 is 10.1 Å². The molecule has 2 aliphatic rings. The molecule has 0 amide bonds. The van der Waals surface area contributed by atoms with E-state index in [2.05, 4.69) is 10.3 Å². The summed E-state index contributed by atoms with van der Waals surface area (Å²) in [4.78, 5) is 4.19. The molecule has 0 radical (unpaired) electrons. The van der Waals surface area contributed by atoms with Crippen molar-refractivity contribution in [2.75, 3.05) is 19.7 Å². The van der Waals surface area contributed by atoms with Gasteiger partial charge in [0.05, 0.1) is 12.2 Å². The van der Waals surface area contributed by atoms with Crippen LogP contribution in [0.5, 0.6) is 5.88 Å². The molecule has 3 heterocycles. The number of pyridine rings is 1. The van der Waals surface area contributed by atoms with Gasteiger partial charge >= 0.3 is 0 Å². The van der Waals surface area contributed by atoms with E-state index in [9.17, 15) is 0 Å². The van der Waals surface area contributed by atoms with E-state index in [1.54, 1.807) is 6.20 Å². The van der Waals surface area contributed by atoms with Gasteiger partial charge in [-0.25, -0.2) is 4.98 Å². The van der Waals surface area contributed by atoms with E-state index in [0.29, 0.717) is 0 Å². The largest absolute Gasteiger partial charge is 0.474 e. The number of hydrogen-bond acceptors (Lipinski definition) is 4. The molecular formula is C12H16N2O2. The van der Waals surface area contributed by atoms with E-state index < -0.39 is 0 Å². The fraction of sp³-hybridized carbons (Fsp3) is 0.583. The van der Waals surface area contributed by atoms with Crippen molar-refractivity contribution in [1.29, 1.82) is 0 Å². The van der Waals surface area contributed by atoms with E-state index in [-0.39, 0.29) is 11.7 Å². The second-order valence-electron chi connectivity index (χ2n) is 4.54. The molecule has 0 aromatic carbocycles. The highest BCUT2D eigenvalue weighted by molar-refractivity contribution is 5.10. The van der Waals surface area contributed by atoms with Crippen LogP contribution >= 0.6 is 0 Å². The van der Waals surface area contributed by atoms with Crippen molar-refractivity contribution in [3.63, 3.8) is 0 Å². The first-order chi connectivity index (χ1) is 7.86. The fourth-order valence-electron chi connectivity index (χ4n) is 2.32. The molecular weight excluding hydrogens is 204 g/mol. The zero-order valence-electron chi connectivity index (χ0n) is 9.19. The number of nitrogens with zero attached hydrogens (tertiary/aromatic N) is 1. The molecule has 3 rings (SSSR count). The molecule has 1 aromatic rings. The first-order valence-electron chi connectivity index (χ1n) is 5.79. The summed E-state index contributed by atoms with van der Waals surface area (Å²) in [5.74, 6) is 0.719. The number of nitrogens with one attached hydrogen (secondary N) is 1. The van der Waals surface area contributed by atoms with Gasteiger partial charge in [0.15, 0.2) is 0 Å². The summed E-state index contributed by atoms with van der Waals surface area (Å²) in [6, 6.07) is 5.75. The average molecular weight is 220 g/mol.